The van der Waals surface area contributed by atoms with Gasteiger partial charge in [0.05, 0.1) is 12.2 Å². The van der Waals surface area contributed by atoms with Crippen molar-refractivity contribution in [3.05, 3.63) is 99.5 Å². The van der Waals surface area contributed by atoms with Gasteiger partial charge in [-0.05, 0) is 62.3 Å². The van der Waals surface area contributed by atoms with Gasteiger partial charge in [-0.1, -0.05) is 54.1 Å². The largest absolute Gasteiger partial charge is 0.345 e. The van der Waals surface area contributed by atoms with Gasteiger partial charge in [0.1, 0.15) is 5.56 Å². The van der Waals surface area contributed by atoms with Crippen molar-refractivity contribution in [3.63, 3.8) is 0 Å². The molecule has 32 heavy (non-hydrogen) atoms. The monoisotopic (exact) mass is 424 g/mol. The molecule has 0 aliphatic heterocycles. The number of rotatable bonds is 4. The number of fused-ring (bicyclic) bond motifs is 2. The van der Waals surface area contributed by atoms with Crippen molar-refractivity contribution >= 4 is 11.6 Å². The lowest BCUT2D eigenvalue weighted by Gasteiger charge is -2.26. The highest BCUT2D eigenvalue weighted by atomic mass is 16.1. The minimum atomic E-state index is -0.112. The van der Waals surface area contributed by atoms with Crippen LogP contribution in [0.1, 0.15) is 68.4 Å². The second-order valence-corrected chi connectivity index (χ2v) is 8.83. The number of nitrogens with zero attached hydrogens (tertiary/aromatic N) is 3. The van der Waals surface area contributed by atoms with E-state index >= 15 is 0 Å². The van der Waals surface area contributed by atoms with Gasteiger partial charge in [0, 0.05) is 17.8 Å². The highest BCUT2D eigenvalue weighted by Crippen LogP contribution is 2.30. The van der Waals surface area contributed by atoms with E-state index in [0.717, 1.165) is 42.6 Å². The average Bonchev–Trinajstić information content (AvgIpc) is 3.22. The summed E-state index contributed by atoms with van der Waals surface area (Å²) in [5.41, 5.74) is 9.30. The van der Waals surface area contributed by atoms with E-state index in [-0.39, 0.29) is 11.9 Å². The second-order valence-electron chi connectivity index (χ2n) is 8.83. The smallest absolute Gasteiger partial charge is 0.257 e. The van der Waals surface area contributed by atoms with Gasteiger partial charge in [-0.25, -0.2) is 9.50 Å². The topological polar surface area (TPSA) is 59.3 Å². The predicted molar refractivity (Wildman–Crippen MR) is 126 cm³/mol. The highest BCUT2D eigenvalue weighted by molar-refractivity contribution is 6.00. The van der Waals surface area contributed by atoms with Crippen molar-refractivity contribution in [2.45, 2.75) is 52.5 Å². The molecule has 0 bridgehead atoms. The first-order chi connectivity index (χ1) is 15.5. The Labute approximate surface area is 188 Å². The number of benzene rings is 2. The van der Waals surface area contributed by atoms with Crippen molar-refractivity contribution in [1.29, 1.82) is 0 Å². The summed E-state index contributed by atoms with van der Waals surface area (Å²) < 4.78 is 1.81. The SMILES string of the molecule is Cc1ccc(Cc2c(C)nc3c(C(=O)N[C@H]4CCCc5ccccc54)cnn3c2C)cc1. The van der Waals surface area contributed by atoms with Gasteiger partial charge in [-0.2, -0.15) is 5.10 Å². The Kier molecular flexibility index (Phi) is 5.25. The minimum absolute atomic E-state index is 0.0328. The molecule has 2 heterocycles. The van der Waals surface area contributed by atoms with Crippen LogP contribution < -0.4 is 5.32 Å². The van der Waals surface area contributed by atoms with Gasteiger partial charge in [-0.15, -0.1) is 0 Å². The summed E-state index contributed by atoms with van der Waals surface area (Å²) >= 11 is 0. The van der Waals surface area contributed by atoms with Crippen LogP contribution in [0.4, 0.5) is 0 Å². The van der Waals surface area contributed by atoms with E-state index < -0.39 is 0 Å². The van der Waals surface area contributed by atoms with Crippen molar-refractivity contribution < 1.29 is 4.79 Å². The Balaban J connectivity index is 1.45. The van der Waals surface area contributed by atoms with Crippen LogP contribution in [0.3, 0.4) is 0 Å². The zero-order chi connectivity index (χ0) is 22.2. The number of aromatic nitrogens is 3. The first-order valence-electron chi connectivity index (χ1n) is 11.3. The average molecular weight is 425 g/mol. The van der Waals surface area contributed by atoms with Crippen molar-refractivity contribution in [3.8, 4) is 0 Å². The molecule has 1 aliphatic rings. The molecule has 4 aromatic rings. The number of carbonyl (C=O) groups excluding carboxylic acids is 1. The van der Waals surface area contributed by atoms with E-state index in [1.165, 1.54) is 22.3 Å². The van der Waals surface area contributed by atoms with Crippen LogP contribution in [-0.2, 0) is 12.8 Å². The van der Waals surface area contributed by atoms with Gasteiger partial charge in [-0.3, -0.25) is 4.79 Å². The number of hydrogen-bond donors (Lipinski definition) is 1. The van der Waals surface area contributed by atoms with Crippen LogP contribution in [0.2, 0.25) is 0 Å². The molecule has 1 N–H and O–H groups in total. The lowest BCUT2D eigenvalue weighted by atomic mass is 9.87. The van der Waals surface area contributed by atoms with E-state index in [0.29, 0.717) is 11.2 Å². The molecule has 1 aliphatic carbocycles. The molecular weight excluding hydrogens is 396 g/mol. The fourth-order valence-electron chi connectivity index (χ4n) is 4.78. The van der Waals surface area contributed by atoms with Crippen LogP contribution in [0, 0.1) is 20.8 Å². The Morgan fingerprint density at radius 2 is 1.88 bits per heavy atom. The summed E-state index contributed by atoms with van der Waals surface area (Å²) in [7, 11) is 0. The van der Waals surface area contributed by atoms with Gasteiger partial charge in [0.2, 0.25) is 0 Å². The fourth-order valence-corrected chi connectivity index (χ4v) is 4.78. The molecule has 0 saturated carbocycles. The molecule has 5 nitrogen and oxygen atoms in total. The van der Waals surface area contributed by atoms with Crippen molar-refractivity contribution in [2.75, 3.05) is 0 Å². The molecule has 2 aromatic carbocycles. The van der Waals surface area contributed by atoms with Crippen LogP contribution >= 0.6 is 0 Å². The van der Waals surface area contributed by atoms with E-state index in [4.69, 9.17) is 4.98 Å². The lowest BCUT2D eigenvalue weighted by Crippen LogP contribution is -2.31. The van der Waals surface area contributed by atoms with E-state index in [1.807, 2.05) is 13.0 Å². The molecule has 5 rings (SSSR count). The maximum Gasteiger partial charge on any atom is 0.257 e. The lowest BCUT2D eigenvalue weighted by molar-refractivity contribution is 0.0934. The molecule has 162 valence electrons. The third-order valence-electron chi connectivity index (χ3n) is 6.63. The molecule has 2 aromatic heterocycles. The summed E-state index contributed by atoms with van der Waals surface area (Å²) in [5.74, 6) is -0.112. The summed E-state index contributed by atoms with van der Waals surface area (Å²) in [4.78, 5) is 18.0. The molecule has 0 fully saturated rings. The second kappa shape index (κ2) is 8.23. The first kappa shape index (κ1) is 20.4. The van der Waals surface area contributed by atoms with Gasteiger partial charge in [0.15, 0.2) is 5.65 Å². The standard InChI is InChI=1S/C27H28N4O/c1-17-11-13-20(14-12-17)15-23-18(2)29-26-24(16-28-31(26)19(23)3)27(32)30-25-10-6-8-21-7-4-5-9-22(21)25/h4-5,7,9,11-14,16,25H,6,8,10,15H2,1-3H3,(H,30,32)/t25-/m0/s1. The zero-order valence-electron chi connectivity index (χ0n) is 18.9. The molecule has 1 atom stereocenters. The van der Waals surface area contributed by atoms with E-state index in [2.05, 4.69) is 66.7 Å². The maximum atomic E-state index is 13.2. The summed E-state index contributed by atoms with van der Waals surface area (Å²) in [6, 6.07) is 17.0. The quantitative estimate of drug-likeness (QED) is 0.499. The van der Waals surface area contributed by atoms with Crippen LogP contribution in [0.25, 0.3) is 5.65 Å². The fraction of sp³-hybridized carbons (Fsp3) is 0.296. The minimum Gasteiger partial charge on any atom is -0.345 e. The van der Waals surface area contributed by atoms with Crippen LogP contribution in [0.15, 0.2) is 54.7 Å². The van der Waals surface area contributed by atoms with E-state index in [9.17, 15) is 4.79 Å². The molecule has 5 heteroatoms. The Hall–Kier alpha value is -3.47. The van der Waals surface area contributed by atoms with E-state index in [1.54, 1.807) is 10.7 Å². The van der Waals surface area contributed by atoms with Crippen molar-refractivity contribution in [2.24, 2.45) is 0 Å². The number of aryl methyl sites for hydroxylation is 4. The number of amides is 1. The molecule has 0 radical (unpaired) electrons. The number of carbonyl (C=O) groups is 1. The summed E-state index contributed by atoms with van der Waals surface area (Å²) in [6.07, 6.45) is 5.54. The number of nitrogens with one attached hydrogen (secondary N) is 1. The number of hydrogen-bond acceptors (Lipinski definition) is 3. The molecular formula is C27H28N4O. The van der Waals surface area contributed by atoms with Crippen LogP contribution in [-0.4, -0.2) is 20.5 Å². The highest BCUT2D eigenvalue weighted by Gasteiger charge is 2.24. The third-order valence-corrected chi connectivity index (χ3v) is 6.63. The van der Waals surface area contributed by atoms with Gasteiger partial charge in [0.25, 0.3) is 5.91 Å². The third kappa shape index (κ3) is 3.68. The normalized spacial score (nSPS) is 15.5. The van der Waals surface area contributed by atoms with Crippen LogP contribution in [0.5, 0.6) is 0 Å². The zero-order valence-corrected chi connectivity index (χ0v) is 18.9. The van der Waals surface area contributed by atoms with Gasteiger partial charge < -0.3 is 5.32 Å². The van der Waals surface area contributed by atoms with Crippen molar-refractivity contribution in [1.82, 2.24) is 19.9 Å². The predicted octanol–water partition coefficient (Wildman–Crippen LogP) is 5.05. The summed E-state index contributed by atoms with van der Waals surface area (Å²) in [6.45, 7) is 6.16. The molecule has 0 saturated heterocycles. The summed E-state index contributed by atoms with van der Waals surface area (Å²) in [5, 5.41) is 7.76. The Morgan fingerprint density at radius 3 is 2.69 bits per heavy atom. The first-order valence-corrected chi connectivity index (χ1v) is 11.3. The Morgan fingerprint density at radius 1 is 1.09 bits per heavy atom. The van der Waals surface area contributed by atoms with Gasteiger partial charge >= 0.3 is 0 Å². The molecule has 0 unspecified atom stereocenters. The molecule has 0 spiro atoms. The molecule has 1 amide bonds. The Bertz CT molecular complexity index is 1300. The maximum absolute atomic E-state index is 13.2.